The summed E-state index contributed by atoms with van der Waals surface area (Å²) in [6.07, 6.45) is 2.53. The molecule has 86 valence electrons. The van der Waals surface area contributed by atoms with E-state index in [0.717, 1.165) is 17.9 Å². The molecule has 1 heterocycles. The molecule has 0 aliphatic heterocycles. The van der Waals surface area contributed by atoms with Gasteiger partial charge in [0.05, 0.1) is 19.0 Å². The van der Waals surface area contributed by atoms with Gasteiger partial charge in [-0.2, -0.15) is 5.10 Å². The van der Waals surface area contributed by atoms with Gasteiger partial charge in [-0.15, -0.1) is 0 Å². The van der Waals surface area contributed by atoms with Gasteiger partial charge in [-0.25, -0.2) is 0 Å². The molecule has 0 saturated heterocycles. The lowest BCUT2D eigenvalue weighted by atomic mass is 10.1. The quantitative estimate of drug-likeness (QED) is 0.807. The predicted octanol–water partition coefficient (Wildman–Crippen LogP) is 1.64. The fourth-order valence-electron chi connectivity index (χ4n) is 1.58. The number of nitrogens with zero attached hydrogens (tertiary/aromatic N) is 2. The van der Waals surface area contributed by atoms with Crippen molar-refractivity contribution < 1.29 is 9.84 Å². The standard InChI is InChI=1S/C11H20N2O2/c1-8(2)13-10(5-9(3)7-14)11(15-4)6-12-13/h6,8-9,14H,5,7H2,1-4H3. The molecule has 0 radical (unpaired) electrons. The van der Waals surface area contributed by atoms with Crippen LogP contribution in [0.4, 0.5) is 0 Å². The summed E-state index contributed by atoms with van der Waals surface area (Å²) >= 11 is 0. The van der Waals surface area contributed by atoms with E-state index in [1.54, 1.807) is 13.3 Å². The van der Waals surface area contributed by atoms with Crippen molar-refractivity contribution >= 4 is 0 Å². The maximum absolute atomic E-state index is 9.06. The van der Waals surface area contributed by atoms with E-state index in [9.17, 15) is 0 Å². The first-order valence-electron chi connectivity index (χ1n) is 5.31. The summed E-state index contributed by atoms with van der Waals surface area (Å²) < 4.78 is 7.21. The third-order valence-corrected chi connectivity index (χ3v) is 2.42. The molecule has 1 aromatic rings. The molecule has 1 rings (SSSR count). The summed E-state index contributed by atoms with van der Waals surface area (Å²) in [6.45, 7) is 6.36. The Morgan fingerprint density at radius 3 is 2.60 bits per heavy atom. The van der Waals surface area contributed by atoms with Crippen LogP contribution in [0.3, 0.4) is 0 Å². The Kier molecular flexibility index (Phi) is 4.15. The Morgan fingerprint density at radius 1 is 1.47 bits per heavy atom. The van der Waals surface area contributed by atoms with E-state index >= 15 is 0 Å². The molecule has 0 fully saturated rings. The van der Waals surface area contributed by atoms with Crippen LogP contribution in [0.25, 0.3) is 0 Å². The van der Waals surface area contributed by atoms with Crippen molar-refractivity contribution in [2.75, 3.05) is 13.7 Å². The number of rotatable bonds is 5. The molecular formula is C11H20N2O2. The summed E-state index contributed by atoms with van der Waals surface area (Å²) in [6, 6.07) is 0.315. The van der Waals surface area contributed by atoms with Crippen molar-refractivity contribution in [3.63, 3.8) is 0 Å². The average molecular weight is 212 g/mol. The molecular weight excluding hydrogens is 192 g/mol. The first-order chi connectivity index (χ1) is 7.10. The molecule has 1 aromatic heterocycles. The van der Waals surface area contributed by atoms with Crippen LogP contribution in [0.15, 0.2) is 6.20 Å². The van der Waals surface area contributed by atoms with Gasteiger partial charge in [0, 0.05) is 12.6 Å². The highest BCUT2D eigenvalue weighted by molar-refractivity contribution is 5.26. The second-order valence-corrected chi connectivity index (χ2v) is 4.19. The van der Waals surface area contributed by atoms with Gasteiger partial charge in [0.2, 0.25) is 0 Å². The molecule has 0 saturated carbocycles. The number of hydrogen-bond donors (Lipinski definition) is 1. The van der Waals surface area contributed by atoms with Crippen LogP contribution in [0.1, 0.15) is 32.5 Å². The number of aromatic nitrogens is 2. The Bertz CT molecular complexity index is 308. The van der Waals surface area contributed by atoms with Gasteiger partial charge in [0.15, 0.2) is 5.75 Å². The summed E-state index contributed by atoms with van der Waals surface area (Å²) in [5.74, 6) is 1.04. The highest BCUT2D eigenvalue weighted by Crippen LogP contribution is 2.23. The fraction of sp³-hybridized carbons (Fsp3) is 0.727. The third kappa shape index (κ3) is 2.72. The van der Waals surface area contributed by atoms with Crippen molar-refractivity contribution in [3.8, 4) is 5.75 Å². The van der Waals surface area contributed by atoms with E-state index in [2.05, 4.69) is 18.9 Å². The van der Waals surface area contributed by atoms with Crippen LogP contribution in [0.5, 0.6) is 5.75 Å². The minimum Gasteiger partial charge on any atom is -0.493 e. The van der Waals surface area contributed by atoms with Crippen molar-refractivity contribution in [3.05, 3.63) is 11.9 Å². The lowest BCUT2D eigenvalue weighted by Crippen LogP contribution is -2.13. The summed E-state index contributed by atoms with van der Waals surface area (Å²) in [7, 11) is 1.65. The van der Waals surface area contributed by atoms with Crippen LogP contribution in [-0.2, 0) is 6.42 Å². The highest BCUT2D eigenvalue weighted by atomic mass is 16.5. The van der Waals surface area contributed by atoms with Crippen LogP contribution in [0.2, 0.25) is 0 Å². The minimum absolute atomic E-state index is 0.187. The zero-order valence-electron chi connectivity index (χ0n) is 9.90. The largest absolute Gasteiger partial charge is 0.493 e. The fourth-order valence-corrected chi connectivity index (χ4v) is 1.58. The Labute approximate surface area is 90.9 Å². The second kappa shape index (κ2) is 5.16. The first kappa shape index (κ1) is 12.0. The summed E-state index contributed by atoms with van der Waals surface area (Å²) in [4.78, 5) is 0. The minimum atomic E-state index is 0.187. The molecule has 0 amide bonds. The second-order valence-electron chi connectivity index (χ2n) is 4.19. The van der Waals surface area contributed by atoms with Crippen molar-refractivity contribution in [1.82, 2.24) is 9.78 Å². The van der Waals surface area contributed by atoms with Gasteiger partial charge in [-0.3, -0.25) is 4.68 Å². The molecule has 0 spiro atoms. The number of methoxy groups -OCH3 is 1. The summed E-state index contributed by atoms with van der Waals surface area (Å²) in [5, 5.41) is 13.3. The molecule has 0 aliphatic carbocycles. The van der Waals surface area contributed by atoms with Crippen molar-refractivity contribution in [1.29, 1.82) is 0 Å². The Morgan fingerprint density at radius 2 is 2.13 bits per heavy atom. The summed E-state index contributed by atoms with van der Waals surface area (Å²) in [5.41, 5.74) is 1.06. The van der Waals surface area contributed by atoms with Crippen LogP contribution in [0, 0.1) is 5.92 Å². The molecule has 4 nitrogen and oxygen atoms in total. The SMILES string of the molecule is COc1cnn(C(C)C)c1CC(C)CO. The van der Waals surface area contributed by atoms with Gasteiger partial charge < -0.3 is 9.84 Å². The van der Waals surface area contributed by atoms with Gasteiger partial charge >= 0.3 is 0 Å². The van der Waals surface area contributed by atoms with Gasteiger partial charge in [-0.05, 0) is 26.2 Å². The number of hydrogen-bond acceptors (Lipinski definition) is 3. The maximum Gasteiger partial charge on any atom is 0.159 e. The monoisotopic (exact) mass is 212 g/mol. The Hall–Kier alpha value is -1.03. The topological polar surface area (TPSA) is 47.3 Å². The number of ether oxygens (including phenoxy) is 1. The molecule has 0 bridgehead atoms. The molecule has 4 heteroatoms. The molecule has 0 aliphatic rings. The first-order valence-corrected chi connectivity index (χ1v) is 5.31. The van der Waals surface area contributed by atoms with Crippen molar-refractivity contribution in [2.24, 2.45) is 5.92 Å². The van der Waals surface area contributed by atoms with E-state index in [1.807, 2.05) is 11.6 Å². The van der Waals surface area contributed by atoms with Crippen LogP contribution < -0.4 is 4.74 Å². The normalized spacial score (nSPS) is 13.2. The third-order valence-electron chi connectivity index (χ3n) is 2.42. The van der Waals surface area contributed by atoms with Crippen molar-refractivity contribution in [2.45, 2.75) is 33.2 Å². The van der Waals surface area contributed by atoms with Gasteiger partial charge in [-0.1, -0.05) is 6.92 Å². The van der Waals surface area contributed by atoms with Gasteiger partial charge in [0.1, 0.15) is 0 Å². The van der Waals surface area contributed by atoms with Gasteiger partial charge in [0.25, 0.3) is 0 Å². The van der Waals surface area contributed by atoms with E-state index < -0.39 is 0 Å². The predicted molar refractivity (Wildman–Crippen MR) is 59.1 cm³/mol. The molecule has 1 N–H and O–H groups in total. The molecule has 0 aromatic carbocycles. The smallest absolute Gasteiger partial charge is 0.159 e. The highest BCUT2D eigenvalue weighted by Gasteiger charge is 2.15. The number of aliphatic hydroxyl groups is 1. The average Bonchev–Trinajstić information content (AvgIpc) is 2.60. The molecule has 1 atom stereocenters. The molecule has 15 heavy (non-hydrogen) atoms. The van der Waals surface area contributed by atoms with Crippen LogP contribution in [-0.4, -0.2) is 28.6 Å². The zero-order chi connectivity index (χ0) is 11.4. The Balaban J connectivity index is 2.94. The zero-order valence-corrected chi connectivity index (χ0v) is 9.90. The van der Waals surface area contributed by atoms with E-state index in [1.165, 1.54) is 0 Å². The van der Waals surface area contributed by atoms with E-state index in [-0.39, 0.29) is 12.5 Å². The lowest BCUT2D eigenvalue weighted by molar-refractivity contribution is 0.233. The number of aliphatic hydroxyl groups excluding tert-OH is 1. The lowest BCUT2D eigenvalue weighted by Gasteiger charge is -2.14. The molecule has 1 unspecified atom stereocenters. The van der Waals surface area contributed by atoms with E-state index in [4.69, 9.17) is 9.84 Å². The van der Waals surface area contributed by atoms with E-state index in [0.29, 0.717) is 6.04 Å². The van der Waals surface area contributed by atoms with Crippen LogP contribution >= 0.6 is 0 Å². The maximum atomic E-state index is 9.06.